The third-order valence-electron chi connectivity index (χ3n) is 3.48. The molecular formula is C10H15ClO2. The minimum absolute atomic E-state index is 0.210. The Kier molecular flexibility index (Phi) is 2.06. The molecular weight excluding hydrogens is 188 g/mol. The Hall–Kier alpha value is -0.240. The van der Waals surface area contributed by atoms with E-state index in [1.54, 1.807) is 0 Å². The first-order valence-corrected chi connectivity index (χ1v) is 5.45. The third-order valence-corrected chi connectivity index (χ3v) is 4.25. The zero-order valence-electron chi connectivity index (χ0n) is 7.94. The minimum atomic E-state index is -0.701. The SMILES string of the molecule is CC[C@]1(Cl)C(=O)OC12CCCCC2. The van der Waals surface area contributed by atoms with Crippen LogP contribution in [0.15, 0.2) is 0 Å². The quantitative estimate of drug-likeness (QED) is 0.483. The Balaban J connectivity index is 2.19. The van der Waals surface area contributed by atoms with Gasteiger partial charge in [0.25, 0.3) is 0 Å². The number of carbonyl (C=O) groups excluding carboxylic acids is 1. The Labute approximate surface area is 83.6 Å². The fourth-order valence-corrected chi connectivity index (χ4v) is 2.83. The molecule has 74 valence electrons. The van der Waals surface area contributed by atoms with Crippen molar-refractivity contribution in [1.29, 1.82) is 0 Å². The van der Waals surface area contributed by atoms with E-state index in [9.17, 15) is 4.79 Å². The molecule has 2 aliphatic rings. The van der Waals surface area contributed by atoms with Crippen molar-refractivity contribution in [2.24, 2.45) is 0 Å². The van der Waals surface area contributed by atoms with Gasteiger partial charge < -0.3 is 4.74 Å². The highest BCUT2D eigenvalue weighted by molar-refractivity contribution is 6.37. The maximum atomic E-state index is 11.3. The molecule has 0 radical (unpaired) electrons. The molecule has 1 aliphatic heterocycles. The van der Waals surface area contributed by atoms with E-state index in [2.05, 4.69) is 0 Å². The summed E-state index contributed by atoms with van der Waals surface area (Å²) in [6, 6.07) is 0. The molecule has 1 atom stereocenters. The third kappa shape index (κ3) is 1.04. The smallest absolute Gasteiger partial charge is 0.332 e. The summed E-state index contributed by atoms with van der Waals surface area (Å²) in [7, 11) is 0. The van der Waals surface area contributed by atoms with Crippen LogP contribution in [0.4, 0.5) is 0 Å². The van der Waals surface area contributed by atoms with Gasteiger partial charge in [0.2, 0.25) is 0 Å². The van der Waals surface area contributed by atoms with Gasteiger partial charge in [-0.3, -0.25) is 0 Å². The molecule has 3 heteroatoms. The molecule has 0 N–H and O–H groups in total. The second kappa shape index (κ2) is 2.88. The highest BCUT2D eigenvalue weighted by Crippen LogP contribution is 2.53. The zero-order valence-corrected chi connectivity index (χ0v) is 8.69. The first kappa shape index (κ1) is 9.32. The van der Waals surface area contributed by atoms with Gasteiger partial charge in [0.05, 0.1) is 0 Å². The van der Waals surface area contributed by atoms with Crippen molar-refractivity contribution in [3.05, 3.63) is 0 Å². The highest BCUT2D eigenvalue weighted by Gasteiger charge is 2.66. The Morgan fingerprint density at radius 1 is 1.38 bits per heavy atom. The van der Waals surface area contributed by atoms with Crippen LogP contribution in [0.25, 0.3) is 0 Å². The topological polar surface area (TPSA) is 26.3 Å². The number of alkyl halides is 1. The standard InChI is InChI=1S/C10H15ClO2/c1-2-10(11)8(12)13-9(10)6-4-3-5-7-9/h2-7H2,1H3/t10-/m0/s1. The zero-order chi connectivity index (χ0) is 9.53. The van der Waals surface area contributed by atoms with Gasteiger partial charge in [-0.1, -0.05) is 13.3 Å². The second-order valence-corrected chi connectivity index (χ2v) is 4.74. The molecule has 0 bridgehead atoms. The lowest BCUT2D eigenvalue weighted by molar-refractivity contribution is -0.213. The Morgan fingerprint density at radius 3 is 2.46 bits per heavy atom. The molecule has 13 heavy (non-hydrogen) atoms. The van der Waals surface area contributed by atoms with Crippen LogP contribution >= 0.6 is 11.6 Å². The van der Waals surface area contributed by atoms with E-state index in [4.69, 9.17) is 16.3 Å². The molecule has 0 amide bonds. The first-order chi connectivity index (χ1) is 6.15. The van der Waals surface area contributed by atoms with Crippen molar-refractivity contribution in [2.75, 3.05) is 0 Å². The molecule has 0 unspecified atom stereocenters. The van der Waals surface area contributed by atoms with Crippen LogP contribution in [0, 0.1) is 0 Å². The van der Waals surface area contributed by atoms with E-state index in [0.717, 1.165) is 25.7 Å². The monoisotopic (exact) mass is 202 g/mol. The largest absolute Gasteiger partial charge is 0.455 e. The first-order valence-electron chi connectivity index (χ1n) is 5.07. The summed E-state index contributed by atoms with van der Waals surface area (Å²) in [6.07, 6.45) is 6.12. The number of rotatable bonds is 1. The van der Waals surface area contributed by atoms with Crippen LogP contribution in [0.2, 0.25) is 0 Å². The van der Waals surface area contributed by atoms with Crippen molar-refractivity contribution < 1.29 is 9.53 Å². The van der Waals surface area contributed by atoms with E-state index in [0.29, 0.717) is 6.42 Å². The van der Waals surface area contributed by atoms with E-state index in [1.165, 1.54) is 6.42 Å². The van der Waals surface area contributed by atoms with Gasteiger partial charge >= 0.3 is 5.97 Å². The van der Waals surface area contributed by atoms with Crippen molar-refractivity contribution in [2.45, 2.75) is 55.9 Å². The predicted octanol–water partition coefficient (Wildman–Crippen LogP) is 2.63. The number of esters is 1. The summed E-state index contributed by atoms with van der Waals surface area (Å²) >= 11 is 6.30. The van der Waals surface area contributed by atoms with E-state index in [-0.39, 0.29) is 11.6 Å². The summed E-state index contributed by atoms with van der Waals surface area (Å²) in [4.78, 5) is 10.6. The van der Waals surface area contributed by atoms with Crippen LogP contribution in [0.3, 0.4) is 0 Å². The van der Waals surface area contributed by atoms with E-state index < -0.39 is 4.87 Å². The van der Waals surface area contributed by atoms with Crippen molar-refractivity contribution >= 4 is 17.6 Å². The van der Waals surface area contributed by atoms with Crippen LogP contribution in [-0.2, 0) is 9.53 Å². The molecule has 2 fully saturated rings. The summed E-state index contributed by atoms with van der Waals surface area (Å²) in [5.74, 6) is -0.210. The number of halogens is 1. The molecule has 1 heterocycles. The molecule has 1 aliphatic carbocycles. The van der Waals surface area contributed by atoms with Gasteiger partial charge in [-0.25, -0.2) is 4.79 Å². The number of hydrogen-bond acceptors (Lipinski definition) is 2. The summed E-state index contributed by atoms with van der Waals surface area (Å²) in [6.45, 7) is 1.96. The molecule has 1 saturated heterocycles. The molecule has 1 saturated carbocycles. The fourth-order valence-electron chi connectivity index (χ4n) is 2.57. The van der Waals surface area contributed by atoms with Gasteiger partial charge in [-0.15, -0.1) is 11.6 Å². The molecule has 2 nitrogen and oxygen atoms in total. The van der Waals surface area contributed by atoms with Gasteiger partial charge in [-0.2, -0.15) is 0 Å². The van der Waals surface area contributed by atoms with Crippen molar-refractivity contribution in [3.63, 3.8) is 0 Å². The average Bonchev–Trinajstić information content (AvgIpc) is 2.18. The van der Waals surface area contributed by atoms with Crippen LogP contribution in [0.1, 0.15) is 45.4 Å². The normalized spacial score (nSPS) is 36.9. The van der Waals surface area contributed by atoms with Crippen molar-refractivity contribution in [3.8, 4) is 0 Å². The second-order valence-electron chi connectivity index (χ2n) is 4.10. The molecule has 0 aromatic heterocycles. The molecule has 1 spiro atoms. The molecule has 2 rings (SSSR count). The maximum absolute atomic E-state index is 11.3. The van der Waals surface area contributed by atoms with Gasteiger partial charge in [0, 0.05) is 0 Å². The van der Waals surface area contributed by atoms with Crippen LogP contribution in [0.5, 0.6) is 0 Å². The van der Waals surface area contributed by atoms with Gasteiger partial charge in [0.1, 0.15) is 5.60 Å². The summed E-state index contributed by atoms with van der Waals surface area (Å²) < 4.78 is 5.30. The molecule has 0 aromatic carbocycles. The van der Waals surface area contributed by atoms with Gasteiger partial charge in [0.15, 0.2) is 4.87 Å². The van der Waals surface area contributed by atoms with Crippen molar-refractivity contribution in [1.82, 2.24) is 0 Å². The maximum Gasteiger partial charge on any atom is 0.332 e. The molecule has 0 aromatic rings. The summed E-state index contributed by atoms with van der Waals surface area (Å²) in [5.41, 5.74) is -0.307. The minimum Gasteiger partial charge on any atom is -0.455 e. The highest BCUT2D eigenvalue weighted by atomic mass is 35.5. The van der Waals surface area contributed by atoms with Crippen LogP contribution in [-0.4, -0.2) is 16.4 Å². The fraction of sp³-hybridized carbons (Fsp3) is 0.900. The number of ether oxygens (including phenoxy) is 1. The Morgan fingerprint density at radius 2 is 2.00 bits per heavy atom. The average molecular weight is 203 g/mol. The predicted molar refractivity (Wildman–Crippen MR) is 50.8 cm³/mol. The Bertz CT molecular complexity index is 233. The van der Waals surface area contributed by atoms with Crippen LogP contribution < -0.4 is 0 Å². The number of carbonyl (C=O) groups is 1. The number of hydrogen-bond donors (Lipinski definition) is 0. The van der Waals surface area contributed by atoms with E-state index in [1.807, 2.05) is 6.92 Å². The summed E-state index contributed by atoms with van der Waals surface area (Å²) in [5, 5.41) is 0. The van der Waals surface area contributed by atoms with Gasteiger partial charge in [-0.05, 0) is 32.1 Å². The lowest BCUT2D eigenvalue weighted by Crippen LogP contribution is -2.69. The van der Waals surface area contributed by atoms with E-state index >= 15 is 0 Å². The lowest BCUT2D eigenvalue weighted by Gasteiger charge is -2.54. The lowest BCUT2D eigenvalue weighted by atomic mass is 9.70.